The number of hydrogen-bond acceptors (Lipinski definition) is 2. The largest absolute Gasteiger partial charge is 0.356 e. The quantitative estimate of drug-likeness (QED) is 0.474. The summed E-state index contributed by atoms with van der Waals surface area (Å²) < 4.78 is 0. The molecule has 1 aliphatic carbocycles. The van der Waals surface area contributed by atoms with E-state index >= 15 is 0 Å². The summed E-state index contributed by atoms with van der Waals surface area (Å²) in [5.74, 6) is 0.155. The first kappa shape index (κ1) is 11.2. The third-order valence-corrected chi connectivity index (χ3v) is 2.23. The Bertz CT molecular complexity index is 197. The second-order valence-electron chi connectivity index (χ2n) is 3.69. The number of carbonyl (C=O) groups excluding carboxylic acids is 1. The highest BCUT2D eigenvalue weighted by molar-refractivity contribution is 5.76. The molecule has 2 N–H and O–H groups in total. The average Bonchev–Trinajstić information content (AvgIpc) is 2.96. The summed E-state index contributed by atoms with van der Waals surface area (Å²) in [7, 11) is 0. The van der Waals surface area contributed by atoms with Crippen LogP contribution in [0.1, 0.15) is 32.6 Å². The van der Waals surface area contributed by atoms with Crippen molar-refractivity contribution in [2.75, 3.05) is 13.1 Å². The maximum Gasteiger partial charge on any atom is 0.221 e. The van der Waals surface area contributed by atoms with E-state index in [2.05, 4.69) is 16.7 Å². The molecule has 3 nitrogen and oxygen atoms in total. The minimum Gasteiger partial charge on any atom is -0.356 e. The molecule has 1 rings (SSSR count). The van der Waals surface area contributed by atoms with Crippen molar-refractivity contribution in [3.8, 4) is 0 Å². The molecule has 0 heterocycles. The highest BCUT2D eigenvalue weighted by Gasteiger charge is 2.19. The fourth-order valence-electron chi connectivity index (χ4n) is 1.23. The average molecular weight is 196 g/mol. The Kier molecular flexibility index (Phi) is 5.30. The van der Waals surface area contributed by atoms with Gasteiger partial charge in [0.15, 0.2) is 0 Å². The first-order valence-electron chi connectivity index (χ1n) is 5.44. The van der Waals surface area contributed by atoms with E-state index in [9.17, 15) is 4.79 Å². The second kappa shape index (κ2) is 6.60. The molecule has 80 valence electrons. The molecule has 0 atom stereocenters. The lowest BCUT2D eigenvalue weighted by atomic mass is 10.3. The third kappa shape index (κ3) is 5.75. The summed E-state index contributed by atoms with van der Waals surface area (Å²) in [5, 5.41) is 6.20. The van der Waals surface area contributed by atoms with Gasteiger partial charge in [-0.1, -0.05) is 12.2 Å². The van der Waals surface area contributed by atoms with Gasteiger partial charge in [-0.05, 0) is 26.2 Å². The zero-order valence-electron chi connectivity index (χ0n) is 8.88. The van der Waals surface area contributed by atoms with Crippen LogP contribution in [0.15, 0.2) is 12.2 Å². The normalized spacial score (nSPS) is 16.1. The van der Waals surface area contributed by atoms with Gasteiger partial charge in [0.05, 0.1) is 0 Å². The number of hydrogen-bond donors (Lipinski definition) is 2. The van der Waals surface area contributed by atoms with Crippen molar-refractivity contribution in [1.29, 1.82) is 0 Å². The van der Waals surface area contributed by atoms with Crippen molar-refractivity contribution in [3.63, 3.8) is 0 Å². The number of nitrogens with one attached hydrogen (secondary N) is 2. The monoisotopic (exact) mass is 196 g/mol. The van der Waals surface area contributed by atoms with E-state index in [0.29, 0.717) is 12.5 Å². The van der Waals surface area contributed by atoms with Gasteiger partial charge in [-0.15, -0.1) is 0 Å². The molecule has 0 saturated heterocycles. The topological polar surface area (TPSA) is 41.1 Å². The summed E-state index contributed by atoms with van der Waals surface area (Å²) in [5.41, 5.74) is 0. The van der Waals surface area contributed by atoms with Gasteiger partial charge in [0, 0.05) is 25.6 Å². The molecule has 0 unspecified atom stereocenters. The summed E-state index contributed by atoms with van der Waals surface area (Å²) in [4.78, 5) is 11.2. The maximum atomic E-state index is 11.2. The first-order chi connectivity index (χ1) is 6.83. The zero-order chi connectivity index (χ0) is 10.2. The van der Waals surface area contributed by atoms with Crippen LogP contribution in [0, 0.1) is 0 Å². The van der Waals surface area contributed by atoms with Gasteiger partial charge in [0.1, 0.15) is 0 Å². The molecule has 0 aromatic heterocycles. The molecular weight excluding hydrogens is 176 g/mol. The fourth-order valence-corrected chi connectivity index (χ4v) is 1.23. The molecular formula is C11H20N2O. The van der Waals surface area contributed by atoms with Gasteiger partial charge in [0.2, 0.25) is 5.91 Å². The van der Waals surface area contributed by atoms with E-state index in [1.54, 1.807) is 0 Å². The molecule has 3 heteroatoms. The van der Waals surface area contributed by atoms with E-state index in [4.69, 9.17) is 0 Å². The van der Waals surface area contributed by atoms with Crippen LogP contribution >= 0.6 is 0 Å². The summed E-state index contributed by atoms with van der Waals surface area (Å²) >= 11 is 0. The molecule has 0 aromatic rings. The zero-order valence-corrected chi connectivity index (χ0v) is 8.88. The lowest BCUT2D eigenvalue weighted by Gasteiger charge is -2.03. The number of rotatable bonds is 7. The van der Waals surface area contributed by atoms with Crippen molar-refractivity contribution in [2.24, 2.45) is 0 Å². The predicted octanol–water partition coefficient (Wildman–Crippen LogP) is 1.21. The van der Waals surface area contributed by atoms with Gasteiger partial charge < -0.3 is 10.6 Å². The lowest BCUT2D eigenvalue weighted by molar-refractivity contribution is -0.120. The Morgan fingerprint density at radius 2 is 2.21 bits per heavy atom. The molecule has 1 fully saturated rings. The highest BCUT2D eigenvalue weighted by Crippen LogP contribution is 2.18. The van der Waals surface area contributed by atoms with E-state index < -0.39 is 0 Å². The van der Waals surface area contributed by atoms with Crippen LogP contribution in [-0.2, 0) is 4.79 Å². The summed E-state index contributed by atoms with van der Waals surface area (Å²) in [6.45, 7) is 3.56. The van der Waals surface area contributed by atoms with Crippen LogP contribution in [0.2, 0.25) is 0 Å². The second-order valence-corrected chi connectivity index (χ2v) is 3.69. The van der Waals surface area contributed by atoms with Crippen molar-refractivity contribution in [3.05, 3.63) is 12.2 Å². The SMILES string of the molecule is C/C=C/CCNC(=O)CCNC1CC1. The Morgan fingerprint density at radius 3 is 2.86 bits per heavy atom. The molecule has 1 saturated carbocycles. The van der Waals surface area contributed by atoms with Crippen LogP contribution in [0.3, 0.4) is 0 Å². The molecule has 0 radical (unpaired) electrons. The van der Waals surface area contributed by atoms with E-state index in [1.165, 1.54) is 12.8 Å². The van der Waals surface area contributed by atoms with E-state index in [0.717, 1.165) is 19.5 Å². The van der Waals surface area contributed by atoms with Crippen molar-refractivity contribution >= 4 is 5.91 Å². The Morgan fingerprint density at radius 1 is 1.43 bits per heavy atom. The van der Waals surface area contributed by atoms with Gasteiger partial charge >= 0.3 is 0 Å². The molecule has 0 spiro atoms. The van der Waals surface area contributed by atoms with Crippen molar-refractivity contribution < 1.29 is 4.79 Å². The smallest absolute Gasteiger partial charge is 0.221 e. The van der Waals surface area contributed by atoms with Crippen molar-refractivity contribution in [2.45, 2.75) is 38.6 Å². The van der Waals surface area contributed by atoms with Crippen LogP contribution < -0.4 is 10.6 Å². The van der Waals surface area contributed by atoms with Gasteiger partial charge in [-0.25, -0.2) is 0 Å². The Labute approximate surface area is 86.0 Å². The highest BCUT2D eigenvalue weighted by atomic mass is 16.1. The van der Waals surface area contributed by atoms with Crippen LogP contribution in [-0.4, -0.2) is 25.0 Å². The van der Waals surface area contributed by atoms with Gasteiger partial charge in [0.25, 0.3) is 0 Å². The van der Waals surface area contributed by atoms with E-state index in [1.807, 2.05) is 13.0 Å². The fraction of sp³-hybridized carbons (Fsp3) is 0.727. The predicted molar refractivity (Wildman–Crippen MR) is 58.1 cm³/mol. The molecule has 0 bridgehead atoms. The van der Waals surface area contributed by atoms with Crippen LogP contribution in [0.5, 0.6) is 0 Å². The van der Waals surface area contributed by atoms with Crippen molar-refractivity contribution in [1.82, 2.24) is 10.6 Å². The number of carbonyl (C=O) groups is 1. The van der Waals surface area contributed by atoms with Gasteiger partial charge in [-0.2, -0.15) is 0 Å². The standard InChI is InChI=1S/C11H20N2O/c1-2-3-4-8-13-11(14)7-9-12-10-5-6-10/h2-3,10,12H,4-9H2,1H3,(H,13,14)/b3-2+. The minimum absolute atomic E-state index is 0.155. The summed E-state index contributed by atoms with van der Waals surface area (Å²) in [6, 6.07) is 0.700. The number of allylic oxidation sites excluding steroid dienone is 1. The Hall–Kier alpha value is -0.830. The molecule has 0 aliphatic heterocycles. The first-order valence-corrected chi connectivity index (χ1v) is 5.44. The lowest BCUT2D eigenvalue weighted by Crippen LogP contribution is -2.28. The third-order valence-electron chi connectivity index (χ3n) is 2.23. The summed E-state index contributed by atoms with van der Waals surface area (Å²) in [6.07, 6.45) is 8.15. The van der Waals surface area contributed by atoms with E-state index in [-0.39, 0.29) is 5.91 Å². The minimum atomic E-state index is 0.155. The Balaban J connectivity index is 1.87. The van der Waals surface area contributed by atoms with Crippen LogP contribution in [0.4, 0.5) is 0 Å². The molecule has 0 aromatic carbocycles. The molecule has 1 aliphatic rings. The molecule has 1 amide bonds. The van der Waals surface area contributed by atoms with Crippen LogP contribution in [0.25, 0.3) is 0 Å². The number of amides is 1. The maximum absolute atomic E-state index is 11.2. The molecule has 14 heavy (non-hydrogen) atoms. The van der Waals surface area contributed by atoms with Gasteiger partial charge in [-0.3, -0.25) is 4.79 Å².